The smallest absolute Gasteiger partial charge is 0.271 e. The highest BCUT2D eigenvalue weighted by atomic mass is 79.9. The molecule has 11 heteroatoms. The monoisotopic (exact) mass is 453 g/mol. The Kier molecular flexibility index (Phi) is 4.87. The van der Waals surface area contributed by atoms with Crippen molar-refractivity contribution in [1.29, 1.82) is 0 Å². The van der Waals surface area contributed by atoms with Gasteiger partial charge in [0.1, 0.15) is 5.75 Å². The number of phenolic OH excluding ortho intramolecular Hbond substituents is 1. The Hall–Kier alpha value is -3.86. The van der Waals surface area contributed by atoms with Crippen molar-refractivity contribution in [1.82, 2.24) is 20.2 Å². The number of hydrazone groups is 1. The van der Waals surface area contributed by atoms with Gasteiger partial charge in [-0.3, -0.25) is 10.1 Å². The fraction of sp³-hybridized carbons (Fsp3) is 0. The number of hydrogen-bond donors (Lipinski definition) is 2. The van der Waals surface area contributed by atoms with E-state index in [1.165, 1.54) is 23.0 Å². The Morgan fingerprint density at radius 2 is 2.00 bits per heavy atom. The topological polar surface area (TPSA) is 131 Å². The maximum Gasteiger partial charge on any atom is 0.271 e. The summed E-state index contributed by atoms with van der Waals surface area (Å²) in [6, 6.07) is 16.0. The van der Waals surface area contributed by atoms with Crippen LogP contribution in [0.3, 0.4) is 0 Å². The average molecular weight is 454 g/mol. The lowest BCUT2D eigenvalue weighted by molar-refractivity contribution is -0.385. The third-order valence-corrected chi connectivity index (χ3v) is 4.73. The summed E-state index contributed by atoms with van der Waals surface area (Å²) in [6.45, 7) is 0. The van der Waals surface area contributed by atoms with E-state index in [-0.39, 0.29) is 27.4 Å². The van der Waals surface area contributed by atoms with Gasteiger partial charge in [-0.1, -0.05) is 41.5 Å². The highest BCUT2D eigenvalue weighted by molar-refractivity contribution is 9.10. The van der Waals surface area contributed by atoms with E-state index < -0.39 is 4.92 Å². The predicted octanol–water partition coefficient (Wildman–Crippen LogP) is 3.64. The summed E-state index contributed by atoms with van der Waals surface area (Å²) in [7, 11) is 0. The highest BCUT2D eigenvalue weighted by Crippen LogP contribution is 2.31. The number of aromatic hydroxyl groups is 1. The van der Waals surface area contributed by atoms with Crippen molar-refractivity contribution in [2.24, 2.45) is 5.10 Å². The molecule has 0 aliphatic rings. The van der Waals surface area contributed by atoms with E-state index in [1.807, 2.05) is 42.5 Å². The van der Waals surface area contributed by atoms with Gasteiger partial charge < -0.3 is 5.11 Å². The summed E-state index contributed by atoms with van der Waals surface area (Å²) >= 11 is 3.09. The first-order valence-electron chi connectivity index (χ1n) is 8.27. The Morgan fingerprint density at radius 3 is 2.83 bits per heavy atom. The Labute approximate surface area is 171 Å². The van der Waals surface area contributed by atoms with Crippen molar-refractivity contribution < 1.29 is 10.0 Å². The summed E-state index contributed by atoms with van der Waals surface area (Å²) in [4.78, 5) is 10.4. The van der Waals surface area contributed by atoms with Gasteiger partial charge in [-0.15, -0.1) is 0 Å². The van der Waals surface area contributed by atoms with Crippen LogP contribution in [0.4, 0.5) is 11.6 Å². The minimum absolute atomic E-state index is 0.155. The molecule has 4 aromatic rings. The Balaban J connectivity index is 1.65. The van der Waals surface area contributed by atoms with Crippen molar-refractivity contribution >= 4 is 44.6 Å². The minimum atomic E-state index is -0.559. The number of anilines is 1. The molecule has 1 heterocycles. The molecule has 0 fully saturated rings. The van der Waals surface area contributed by atoms with Crippen molar-refractivity contribution in [2.75, 3.05) is 5.43 Å². The normalized spacial score (nSPS) is 11.2. The molecule has 0 amide bonds. The van der Waals surface area contributed by atoms with Gasteiger partial charge in [-0.25, -0.2) is 5.43 Å². The first-order chi connectivity index (χ1) is 14.0. The highest BCUT2D eigenvalue weighted by Gasteiger charge is 2.14. The standard InChI is InChI=1S/C18H12BrN7O3/c19-15-9-13(26(28)29)8-12(17(15)27)10-20-21-18-22-23-24-25(18)16-7-3-5-11-4-1-2-6-14(11)16/h1-10,27H,(H,21,22,24). The molecule has 0 atom stereocenters. The SMILES string of the molecule is O=[N+]([O-])c1cc(Br)c(O)c(C=NNc2nnnn2-c2cccc3ccccc23)c1. The summed E-state index contributed by atoms with van der Waals surface area (Å²) in [5.74, 6) is 0.0661. The molecule has 0 aliphatic heterocycles. The molecule has 0 aliphatic carbocycles. The van der Waals surface area contributed by atoms with Crippen LogP contribution in [0.5, 0.6) is 5.75 Å². The number of fused-ring (bicyclic) bond motifs is 1. The molecule has 0 radical (unpaired) electrons. The predicted molar refractivity (Wildman–Crippen MR) is 110 cm³/mol. The first kappa shape index (κ1) is 18.5. The van der Waals surface area contributed by atoms with Crippen LogP contribution in [0.25, 0.3) is 16.5 Å². The van der Waals surface area contributed by atoms with E-state index in [9.17, 15) is 15.2 Å². The summed E-state index contributed by atoms with van der Waals surface area (Å²) in [5, 5.41) is 38.7. The quantitative estimate of drug-likeness (QED) is 0.267. The van der Waals surface area contributed by atoms with Gasteiger partial charge in [0, 0.05) is 23.1 Å². The van der Waals surface area contributed by atoms with Gasteiger partial charge in [-0.05, 0) is 37.8 Å². The zero-order valence-corrected chi connectivity index (χ0v) is 16.2. The van der Waals surface area contributed by atoms with E-state index >= 15 is 0 Å². The number of non-ortho nitro benzene ring substituents is 1. The van der Waals surface area contributed by atoms with Gasteiger partial charge >= 0.3 is 0 Å². The molecule has 0 saturated carbocycles. The largest absolute Gasteiger partial charge is 0.506 e. The van der Waals surface area contributed by atoms with Crippen molar-refractivity contribution in [2.45, 2.75) is 0 Å². The zero-order valence-electron chi connectivity index (χ0n) is 14.6. The van der Waals surface area contributed by atoms with Gasteiger partial charge in [0.25, 0.3) is 11.6 Å². The third kappa shape index (κ3) is 3.62. The molecule has 0 spiro atoms. The Bertz CT molecular complexity index is 1250. The fourth-order valence-corrected chi connectivity index (χ4v) is 3.24. The molecule has 29 heavy (non-hydrogen) atoms. The number of halogens is 1. The van der Waals surface area contributed by atoms with Crippen molar-refractivity contribution in [3.63, 3.8) is 0 Å². The van der Waals surface area contributed by atoms with E-state index in [4.69, 9.17) is 0 Å². The molecular formula is C18H12BrN7O3. The second-order valence-electron chi connectivity index (χ2n) is 5.91. The zero-order chi connectivity index (χ0) is 20.4. The number of nitrogens with zero attached hydrogens (tertiary/aromatic N) is 6. The third-order valence-electron chi connectivity index (χ3n) is 4.12. The second-order valence-corrected chi connectivity index (χ2v) is 6.76. The molecule has 0 unspecified atom stereocenters. The van der Waals surface area contributed by atoms with Crippen LogP contribution >= 0.6 is 15.9 Å². The lowest BCUT2D eigenvalue weighted by Crippen LogP contribution is -2.04. The molecule has 0 bridgehead atoms. The van der Waals surface area contributed by atoms with Crippen LogP contribution in [0.15, 0.2) is 64.2 Å². The number of aromatic nitrogens is 4. The van der Waals surface area contributed by atoms with E-state index in [0.717, 1.165) is 16.5 Å². The maximum absolute atomic E-state index is 11.0. The van der Waals surface area contributed by atoms with Crippen LogP contribution < -0.4 is 5.43 Å². The molecule has 2 N–H and O–H groups in total. The molecular weight excluding hydrogens is 442 g/mol. The van der Waals surface area contributed by atoms with Crippen LogP contribution in [0.2, 0.25) is 0 Å². The molecule has 4 rings (SSSR count). The number of nitrogens with one attached hydrogen (secondary N) is 1. The first-order valence-corrected chi connectivity index (χ1v) is 9.06. The lowest BCUT2D eigenvalue weighted by atomic mass is 10.1. The molecule has 1 aromatic heterocycles. The van der Waals surface area contributed by atoms with Crippen LogP contribution in [-0.2, 0) is 0 Å². The van der Waals surface area contributed by atoms with Gasteiger partial charge in [0.15, 0.2) is 0 Å². The number of benzene rings is 3. The number of tetrazole rings is 1. The van der Waals surface area contributed by atoms with Crippen LogP contribution in [-0.4, -0.2) is 36.5 Å². The van der Waals surface area contributed by atoms with Crippen molar-refractivity contribution in [3.05, 3.63) is 74.7 Å². The molecule has 10 nitrogen and oxygen atoms in total. The summed E-state index contributed by atoms with van der Waals surface area (Å²) < 4.78 is 1.68. The van der Waals surface area contributed by atoms with Crippen LogP contribution in [0, 0.1) is 10.1 Å². The molecule has 144 valence electrons. The van der Waals surface area contributed by atoms with Gasteiger partial charge in [-0.2, -0.15) is 9.78 Å². The summed E-state index contributed by atoms with van der Waals surface area (Å²) in [6.07, 6.45) is 1.25. The lowest BCUT2D eigenvalue weighted by Gasteiger charge is -2.07. The maximum atomic E-state index is 11.0. The molecule has 0 saturated heterocycles. The number of phenols is 1. The minimum Gasteiger partial charge on any atom is -0.506 e. The van der Waals surface area contributed by atoms with E-state index in [1.54, 1.807) is 0 Å². The van der Waals surface area contributed by atoms with Gasteiger partial charge in [0.2, 0.25) is 0 Å². The van der Waals surface area contributed by atoms with E-state index in [2.05, 4.69) is 42.0 Å². The second kappa shape index (κ2) is 7.64. The fourth-order valence-electron chi connectivity index (χ4n) is 2.78. The van der Waals surface area contributed by atoms with Crippen LogP contribution in [0.1, 0.15) is 5.56 Å². The van der Waals surface area contributed by atoms with E-state index in [0.29, 0.717) is 0 Å². The van der Waals surface area contributed by atoms with Crippen molar-refractivity contribution in [3.8, 4) is 11.4 Å². The summed E-state index contributed by atoms with van der Waals surface area (Å²) in [5.41, 5.74) is 3.43. The Morgan fingerprint density at radius 1 is 1.21 bits per heavy atom. The number of nitro benzene ring substituents is 1. The number of hydrogen-bond acceptors (Lipinski definition) is 8. The average Bonchev–Trinajstić information content (AvgIpc) is 3.18. The number of rotatable bonds is 5. The molecule has 3 aromatic carbocycles. The number of nitro groups is 1. The van der Waals surface area contributed by atoms with Gasteiger partial charge in [0.05, 0.1) is 21.3 Å².